The van der Waals surface area contributed by atoms with Crippen molar-refractivity contribution in [3.63, 3.8) is 0 Å². The van der Waals surface area contributed by atoms with Crippen molar-refractivity contribution in [2.24, 2.45) is 0 Å². The van der Waals surface area contributed by atoms with Gasteiger partial charge in [-0.2, -0.15) is 0 Å². The molecule has 0 heterocycles. The third-order valence-electron chi connectivity index (χ3n) is 9.22. The highest BCUT2D eigenvalue weighted by Gasteiger charge is 2.34. The molecule has 196 valence electrons. The molecule has 0 unspecified atom stereocenters. The Hall–Kier alpha value is -1.89. The van der Waals surface area contributed by atoms with Crippen LogP contribution in [0.3, 0.4) is 0 Å². The highest BCUT2D eigenvalue weighted by Crippen LogP contribution is 2.44. The molecule has 0 aromatic heterocycles. The summed E-state index contributed by atoms with van der Waals surface area (Å²) in [6, 6.07) is 9.74. The highest BCUT2D eigenvalue weighted by atomic mass is 16.1. The Morgan fingerprint density at radius 3 is 1.36 bits per heavy atom. The summed E-state index contributed by atoms with van der Waals surface area (Å²) in [7, 11) is 0. The zero-order chi connectivity index (χ0) is 26.7. The molecule has 1 nitrogen and oxygen atoms in total. The number of carbonyl (C=O) groups is 1. The first-order chi connectivity index (χ1) is 16.5. The second-order valence-corrected chi connectivity index (χ2v) is 15.1. The third-order valence-corrected chi connectivity index (χ3v) is 9.22. The van der Waals surface area contributed by atoms with Gasteiger partial charge in [0.1, 0.15) is 5.78 Å². The van der Waals surface area contributed by atoms with E-state index in [-0.39, 0.29) is 21.7 Å². The highest BCUT2D eigenvalue weighted by molar-refractivity contribution is 5.79. The molecule has 0 saturated heterocycles. The lowest BCUT2D eigenvalue weighted by molar-refractivity contribution is -0.119. The standard InChI is InChI=1S/C35H50O/c1-32(2,3)25-19-23(28-15-17-34(7,8)30(28)21-25)11-13-27(36)14-12-24-20-26(33(4,5)6)22-31-29(24)16-18-35(31,9)10/h19-22H,11-18H2,1-10H3. The van der Waals surface area contributed by atoms with Crippen LogP contribution in [0.5, 0.6) is 0 Å². The summed E-state index contributed by atoms with van der Waals surface area (Å²) in [5.41, 5.74) is 12.5. The molecular formula is C35H50O. The van der Waals surface area contributed by atoms with Crippen molar-refractivity contribution in [1.29, 1.82) is 0 Å². The summed E-state index contributed by atoms with van der Waals surface area (Å²) in [4.78, 5) is 13.2. The number of rotatable bonds is 6. The Balaban J connectivity index is 1.51. The molecule has 0 N–H and O–H groups in total. The van der Waals surface area contributed by atoms with E-state index in [1.54, 1.807) is 0 Å². The predicted molar refractivity (Wildman–Crippen MR) is 155 cm³/mol. The van der Waals surface area contributed by atoms with Crippen LogP contribution in [-0.4, -0.2) is 5.78 Å². The van der Waals surface area contributed by atoms with Gasteiger partial charge in [-0.3, -0.25) is 4.79 Å². The van der Waals surface area contributed by atoms with Crippen LogP contribution in [0.1, 0.15) is 139 Å². The molecule has 0 amide bonds. The first-order valence-corrected chi connectivity index (χ1v) is 14.3. The number of benzene rings is 2. The van der Waals surface area contributed by atoms with Gasteiger partial charge in [-0.25, -0.2) is 0 Å². The Kier molecular flexibility index (Phi) is 6.89. The van der Waals surface area contributed by atoms with Crippen molar-refractivity contribution >= 4 is 5.78 Å². The summed E-state index contributed by atoms with van der Waals surface area (Å²) >= 11 is 0. The zero-order valence-electron chi connectivity index (χ0n) is 24.9. The summed E-state index contributed by atoms with van der Waals surface area (Å²) in [6.45, 7) is 23.3. The van der Waals surface area contributed by atoms with Crippen molar-refractivity contribution in [2.45, 2.75) is 142 Å². The van der Waals surface area contributed by atoms with Crippen LogP contribution in [0.4, 0.5) is 0 Å². The van der Waals surface area contributed by atoms with E-state index in [0.29, 0.717) is 18.6 Å². The van der Waals surface area contributed by atoms with Crippen molar-refractivity contribution in [3.8, 4) is 0 Å². The van der Waals surface area contributed by atoms with Crippen molar-refractivity contribution in [1.82, 2.24) is 0 Å². The number of hydrogen-bond donors (Lipinski definition) is 0. The van der Waals surface area contributed by atoms with Crippen LogP contribution < -0.4 is 0 Å². The summed E-state index contributed by atoms with van der Waals surface area (Å²) < 4.78 is 0. The van der Waals surface area contributed by atoms with Crippen LogP contribution in [0.15, 0.2) is 24.3 Å². The number of fused-ring (bicyclic) bond motifs is 2. The SMILES string of the molecule is CC(C)(C)c1cc(CCC(=O)CCc2cc(C(C)(C)C)cc3c2CCC3(C)C)c2c(c1)C(C)(C)CC2. The maximum atomic E-state index is 13.2. The maximum absolute atomic E-state index is 13.2. The average molecular weight is 487 g/mol. The Labute approximate surface area is 221 Å². The average Bonchev–Trinajstić information content (AvgIpc) is 3.24. The van der Waals surface area contributed by atoms with E-state index in [1.165, 1.54) is 57.3 Å². The molecule has 0 aliphatic heterocycles. The van der Waals surface area contributed by atoms with Gasteiger partial charge in [-0.05, 0) is 105 Å². The van der Waals surface area contributed by atoms with Gasteiger partial charge in [0.05, 0.1) is 0 Å². The van der Waals surface area contributed by atoms with E-state index in [0.717, 1.165) is 25.7 Å². The summed E-state index contributed by atoms with van der Waals surface area (Å²) in [5, 5.41) is 0. The third kappa shape index (κ3) is 5.36. The van der Waals surface area contributed by atoms with Gasteiger partial charge in [-0.1, -0.05) is 93.5 Å². The van der Waals surface area contributed by atoms with Crippen molar-refractivity contribution in [3.05, 3.63) is 68.8 Å². The van der Waals surface area contributed by atoms with Gasteiger partial charge >= 0.3 is 0 Å². The van der Waals surface area contributed by atoms with Gasteiger partial charge in [0.2, 0.25) is 0 Å². The molecule has 1 heteroatoms. The normalized spacial score (nSPS) is 18.3. The lowest BCUT2D eigenvalue weighted by Crippen LogP contribution is -2.17. The Morgan fingerprint density at radius 2 is 1.03 bits per heavy atom. The van der Waals surface area contributed by atoms with Gasteiger partial charge < -0.3 is 0 Å². The molecule has 0 saturated carbocycles. The predicted octanol–water partition coefficient (Wildman–Crippen LogP) is 8.86. The van der Waals surface area contributed by atoms with E-state index >= 15 is 0 Å². The molecule has 36 heavy (non-hydrogen) atoms. The van der Waals surface area contributed by atoms with E-state index < -0.39 is 0 Å². The zero-order valence-corrected chi connectivity index (χ0v) is 24.9. The Morgan fingerprint density at radius 1 is 0.667 bits per heavy atom. The number of hydrogen-bond acceptors (Lipinski definition) is 1. The van der Waals surface area contributed by atoms with Crippen LogP contribution >= 0.6 is 0 Å². The lowest BCUT2D eigenvalue weighted by atomic mass is 9.79. The summed E-state index contributed by atoms with van der Waals surface area (Å²) in [5.74, 6) is 0.411. The second-order valence-electron chi connectivity index (χ2n) is 15.1. The molecule has 2 aliphatic rings. The molecule has 0 fully saturated rings. The molecule has 2 aliphatic carbocycles. The van der Waals surface area contributed by atoms with Crippen molar-refractivity contribution in [2.75, 3.05) is 0 Å². The van der Waals surface area contributed by atoms with Crippen LogP contribution in [-0.2, 0) is 52.1 Å². The molecule has 0 radical (unpaired) electrons. The fourth-order valence-corrected chi connectivity index (χ4v) is 6.39. The minimum Gasteiger partial charge on any atom is -0.300 e. The molecular weight excluding hydrogens is 436 g/mol. The van der Waals surface area contributed by atoms with E-state index in [9.17, 15) is 4.79 Å². The van der Waals surface area contributed by atoms with Crippen LogP contribution in [0.2, 0.25) is 0 Å². The topological polar surface area (TPSA) is 17.1 Å². The first-order valence-electron chi connectivity index (χ1n) is 14.3. The number of ketones is 1. The van der Waals surface area contributed by atoms with E-state index in [2.05, 4.69) is 93.5 Å². The minimum absolute atomic E-state index is 0.124. The maximum Gasteiger partial charge on any atom is 0.133 e. The molecule has 2 aromatic carbocycles. The quantitative estimate of drug-likeness (QED) is 0.398. The minimum atomic E-state index is 0.124. The molecule has 4 rings (SSSR count). The monoisotopic (exact) mass is 486 g/mol. The van der Waals surface area contributed by atoms with Gasteiger partial charge in [-0.15, -0.1) is 0 Å². The van der Waals surface area contributed by atoms with Crippen LogP contribution in [0, 0.1) is 0 Å². The summed E-state index contributed by atoms with van der Waals surface area (Å²) in [6.07, 6.45) is 7.81. The molecule has 0 atom stereocenters. The van der Waals surface area contributed by atoms with Gasteiger partial charge in [0.15, 0.2) is 0 Å². The number of Topliss-reactive ketones (excluding diaryl/α,β-unsaturated/α-hetero) is 1. The largest absolute Gasteiger partial charge is 0.300 e. The number of carbonyl (C=O) groups excluding carboxylic acids is 1. The molecule has 2 aromatic rings. The van der Waals surface area contributed by atoms with E-state index in [1.807, 2.05) is 0 Å². The fourth-order valence-electron chi connectivity index (χ4n) is 6.39. The van der Waals surface area contributed by atoms with Gasteiger partial charge in [0.25, 0.3) is 0 Å². The lowest BCUT2D eigenvalue weighted by Gasteiger charge is -2.26. The fraction of sp³-hybridized carbons (Fsp3) is 0.629. The smallest absolute Gasteiger partial charge is 0.133 e. The second kappa shape index (κ2) is 9.14. The van der Waals surface area contributed by atoms with Gasteiger partial charge in [0, 0.05) is 12.8 Å². The van der Waals surface area contributed by atoms with E-state index in [4.69, 9.17) is 0 Å². The molecule has 0 spiro atoms. The number of aryl methyl sites for hydroxylation is 2. The Bertz CT molecular complexity index is 1070. The van der Waals surface area contributed by atoms with Crippen molar-refractivity contribution < 1.29 is 4.79 Å². The first kappa shape index (κ1) is 27.2. The molecule has 0 bridgehead atoms. The van der Waals surface area contributed by atoms with Crippen LogP contribution in [0.25, 0.3) is 0 Å².